The van der Waals surface area contributed by atoms with Crippen LogP contribution < -0.4 is 9.47 Å². The molecule has 1 saturated heterocycles. The number of hydrogen-bond acceptors (Lipinski definition) is 5. The molecule has 0 N–H and O–H groups in total. The van der Waals surface area contributed by atoms with Crippen LogP contribution in [0.3, 0.4) is 0 Å². The average Bonchev–Trinajstić information content (AvgIpc) is 3.34. The zero-order valence-corrected chi connectivity index (χ0v) is 16.4. The highest BCUT2D eigenvalue weighted by atomic mass is 16.5. The minimum absolute atomic E-state index is 0.679. The van der Waals surface area contributed by atoms with Crippen LogP contribution in [0, 0.1) is 0 Å². The molecule has 27 heavy (non-hydrogen) atoms. The maximum absolute atomic E-state index is 5.94. The van der Waals surface area contributed by atoms with E-state index in [-0.39, 0.29) is 0 Å². The van der Waals surface area contributed by atoms with Crippen LogP contribution in [0.25, 0.3) is 11.3 Å². The topological polar surface area (TPSA) is 47.5 Å². The van der Waals surface area contributed by atoms with Crippen molar-refractivity contribution in [2.75, 3.05) is 26.8 Å². The lowest BCUT2D eigenvalue weighted by Crippen LogP contribution is -2.28. The minimum Gasteiger partial charge on any atom is -0.494 e. The molecule has 2 aromatic rings. The van der Waals surface area contributed by atoms with E-state index in [2.05, 4.69) is 34.2 Å². The number of nitrogens with zero attached hydrogens (tertiary/aromatic N) is 3. The number of likely N-dealkylation sites (tertiary alicyclic amines) is 1. The van der Waals surface area contributed by atoms with Crippen LogP contribution in [0.1, 0.15) is 43.7 Å². The van der Waals surface area contributed by atoms with Gasteiger partial charge in [0.1, 0.15) is 5.75 Å². The van der Waals surface area contributed by atoms with Gasteiger partial charge in [0.05, 0.1) is 19.4 Å². The molecule has 0 radical (unpaired) electrons. The molecule has 1 aromatic heterocycles. The van der Waals surface area contributed by atoms with Crippen LogP contribution in [0.5, 0.6) is 11.6 Å². The third kappa shape index (κ3) is 3.93. The molecule has 0 bridgehead atoms. The van der Waals surface area contributed by atoms with Crippen molar-refractivity contribution in [3.05, 3.63) is 35.4 Å². The summed E-state index contributed by atoms with van der Waals surface area (Å²) >= 11 is 0. The maximum Gasteiger partial charge on any atom is 0.236 e. The van der Waals surface area contributed by atoms with Crippen LogP contribution in [0.4, 0.5) is 0 Å². The molecule has 2 heterocycles. The molecule has 2 aliphatic rings. The summed E-state index contributed by atoms with van der Waals surface area (Å²) in [5.41, 5.74) is 4.59. The fourth-order valence-electron chi connectivity index (χ4n) is 4.34. The lowest BCUT2D eigenvalue weighted by atomic mass is 10.0. The molecule has 0 saturated carbocycles. The summed E-state index contributed by atoms with van der Waals surface area (Å²) < 4.78 is 11.3. The van der Waals surface area contributed by atoms with Gasteiger partial charge < -0.3 is 14.4 Å². The van der Waals surface area contributed by atoms with Gasteiger partial charge in [-0.15, -0.1) is 10.2 Å². The Kier molecular flexibility index (Phi) is 5.58. The second-order valence-corrected chi connectivity index (χ2v) is 7.62. The van der Waals surface area contributed by atoms with E-state index < -0.39 is 0 Å². The van der Waals surface area contributed by atoms with Crippen molar-refractivity contribution in [1.82, 2.24) is 15.1 Å². The largest absolute Gasteiger partial charge is 0.494 e. The van der Waals surface area contributed by atoms with Gasteiger partial charge in [0, 0.05) is 23.7 Å². The molecule has 0 unspecified atom stereocenters. The SMILES string of the molecule is COc1nnc(-c2ccc(OCCCN3CCC[C@H]3C)cc2)c2c1CCC2. The fourth-order valence-corrected chi connectivity index (χ4v) is 4.34. The first-order valence-corrected chi connectivity index (χ1v) is 10.2. The highest BCUT2D eigenvalue weighted by Gasteiger charge is 2.22. The van der Waals surface area contributed by atoms with Crippen molar-refractivity contribution in [3.63, 3.8) is 0 Å². The average molecular weight is 367 g/mol. The number of ether oxygens (including phenoxy) is 2. The summed E-state index contributed by atoms with van der Waals surface area (Å²) in [6.45, 7) is 5.46. The molecule has 0 amide bonds. The zero-order valence-electron chi connectivity index (χ0n) is 16.4. The Hall–Kier alpha value is -2.14. The van der Waals surface area contributed by atoms with E-state index in [4.69, 9.17) is 9.47 Å². The number of methoxy groups -OCH3 is 1. The molecule has 144 valence electrons. The molecule has 0 spiro atoms. The summed E-state index contributed by atoms with van der Waals surface area (Å²) in [6.07, 6.45) is 6.95. The maximum atomic E-state index is 5.94. The van der Waals surface area contributed by atoms with Gasteiger partial charge in [-0.3, -0.25) is 0 Å². The fraction of sp³-hybridized carbons (Fsp3) is 0.545. The predicted octanol–water partition coefficient (Wildman–Crippen LogP) is 3.89. The summed E-state index contributed by atoms with van der Waals surface area (Å²) in [4.78, 5) is 2.56. The van der Waals surface area contributed by atoms with Gasteiger partial charge in [0.15, 0.2) is 0 Å². The third-order valence-electron chi connectivity index (χ3n) is 5.87. The summed E-state index contributed by atoms with van der Waals surface area (Å²) in [6, 6.07) is 9.00. The Balaban J connectivity index is 1.36. The van der Waals surface area contributed by atoms with Crippen LogP contribution in [-0.4, -0.2) is 47.9 Å². The van der Waals surface area contributed by atoms with Gasteiger partial charge >= 0.3 is 0 Å². The van der Waals surface area contributed by atoms with Crippen molar-refractivity contribution in [2.24, 2.45) is 0 Å². The van der Waals surface area contributed by atoms with E-state index in [0.29, 0.717) is 5.88 Å². The normalized spacial score (nSPS) is 19.3. The molecule has 1 aromatic carbocycles. The highest BCUT2D eigenvalue weighted by molar-refractivity contribution is 5.66. The monoisotopic (exact) mass is 367 g/mol. The number of fused-ring (bicyclic) bond motifs is 1. The van der Waals surface area contributed by atoms with Gasteiger partial charge in [-0.1, -0.05) is 0 Å². The van der Waals surface area contributed by atoms with E-state index >= 15 is 0 Å². The molecule has 1 aliphatic carbocycles. The Bertz CT molecular complexity index is 776. The Morgan fingerprint density at radius 1 is 1.07 bits per heavy atom. The van der Waals surface area contributed by atoms with Gasteiger partial charge in [-0.25, -0.2) is 0 Å². The van der Waals surface area contributed by atoms with Crippen LogP contribution in [-0.2, 0) is 12.8 Å². The molecule has 4 rings (SSSR count). The second kappa shape index (κ2) is 8.26. The highest BCUT2D eigenvalue weighted by Crippen LogP contribution is 2.35. The van der Waals surface area contributed by atoms with E-state index in [1.165, 1.54) is 30.5 Å². The van der Waals surface area contributed by atoms with Crippen molar-refractivity contribution in [1.29, 1.82) is 0 Å². The molecule has 1 atom stereocenters. The number of rotatable bonds is 7. The second-order valence-electron chi connectivity index (χ2n) is 7.62. The molecular formula is C22H29N3O2. The molecular weight excluding hydrogens is 338 g/mol. The van der Waals surface area contributed by atoms with Gasteiger partial charge in [0.2, 0.25) is 5.88 Å². The Labute approximate surface area is 161 Å². The Morgan fingerprint density at radius 3 is 2.63 bits per heavy atom. The molecule has 5 nitrogen and oxygen atoms in total. The zero-order chi connectivity index (χ0) is 18.6. The van der Waals surface area contributed by atoms with Crippen molar-refractivity contribution < 1.29 is 9.47 Å². The van der Waals surface area contributed by atoms with Crippen molar-refractivity contribution in [2.45, 2.75) is 51.5 Å². The van der Waals surface area contributed by atoms with E-state index in [0.717, 1.165) is 61.9 Å². The minimum atomic E-state index is 0.679. The lowest BCUT2D eigenvalue weighted by molar-refractivity contribution is 0.230. The number of benzene rings is 1. The van der Waals surface area contributed by atoms with Crippen LogP contribution in [0.15, 0.2) is 24.3 Å². The first kappa shape index (κ1) is 18.2. The molecule has 1 fully saturated rings. The van der Waals surface area contributed by atoms with Crippen molar-refractivity contribution in [3.8, 4) is 22.9 Å². The van der Waals surface area contributed by atoms with E-state index in [1.54, 1.807) is 7.11 Å². The number of aromatic nitrogens is 2. The third-order valence-corrected chi connectivity index (χ3v) is 5.87. The van der Waals surface area contributed by atoms with E-state index in [1.807, 2.05) is 12.1 Å². The van der Waals surface area contributed by atoms with Gasteiger partial charge in [-0.05, 0) is 81.8 Å². The number of hydrogen-bond donors (Lipinski definition) is 0. The summed E-state index contributed by atoms with van der Waals surface area (Å²) in [5, 5.41) is 8.69. The smallest absolute Gasteiger partial charge is 0.236 e. The van der Waals surface area contributed by atoms with E-state index in [9.17, 15) is 0 Å². The summed E-state index contributed by atoms with van der Waals surface area (Å²) in [7, 11) is 1.67. The van der Waals surface area contributed by atoms with Gasteiger partial charge in [0.25, 0.3) is 0 Å². The standard InChI is InChI=1S/C22H29N3O2/c1-16-6-4-13-25(16)14-5-15-27-18-11-9-17(10-12-18)21-19-7-3-8-20(19)22(26-2)24-23-21/h9-12,16H,3-8,13-15H2,1-2H3/t16-/m1/s1. The first-order chi connectivity index (χ1) is 13.3. The Morgan fingerprint density at radius 2 is 1.89 bits per heavy atom. The van der Waals surface area contributed by atoms with Crippen LogP contribution in [0.2, 0.25) is 0 Å². The first-order valence-electron chi connectivity index (χ1n) is 10.2. The molecule has 1 aliphatic heterocycles. The lowest BCUT2D eigenvalue weighted by Gasteiger charge is -2.20. The molecule has 5 heteroatoms. The quantitative estimate of drug-likeness (QED) is 0.695. The van der Waals surface area contributed by atoms with Crippen LogP contribution >= 0.6 is 0 Å². The summed E-state index contributed by atoms with van der Waals surface area (Å²) in [5.74, 6) is 1.60. The van der Waals surface area contributed by atoms with Crippen molar-refractivity contribution >= 4 is 0 Å². The predicted molar refractivity (Wildman–Crippen MR) is 106 cm³/mol. The van der Waals surface area contributed by atoms with Gasteiger partial charge in [-0.2, -0.15) is 0 Å².